The van der Waals surface area contributed by atoms with Crippen molar-refractivity contribution in [2.75, 3.05) is 7.05 Å². The highest BCUT2D eigenvalue weighted by Crippen LogP contribution is 2.31. The van der Waals surface area contributed by atoms with Crippen LogP contribution in [0, 0.1) is 11.8 Å². The number of hydrogen-bond donors (Lipinski definition) is 1. The molecule has 0 aliphatic heterocycles. The van der Waals surface area contributed by atoms with E-state index < -0.39 is 0 Å². The van der Waals surface area contributed by atoms with Gasteiger partial charge in [0.2, 0.25) is 0 Å². The summed E-state index contributed by atoms with van der Waals surface area (Å²) in [5.41, 5.74) is 5.82. The van der Waals surface area contributed by atoms with E-state index in [-0.39, 0.29) is 0 Å². The molecule has 2 heteroatoms. The maximum atomic E-state index is 5.82. The van der Waals surface area contributed by atoms with Gasteiger partial charge in [-0.3, -0.25) is 4.99 Å². The van der Waals surface area contributed by atoms with Crippen LogP contribution in [0.1, 0.15) is 45.4 Å². The minimum absolute atomic E-state index is 0.582. The molecule has 1 aliphatic rings. The molecule has 0 unspecified atom stereocenters. The van der Waals surface area contributed by atoms with Gasteiger partial charge in [-0.2, -0.15) is 0 Å². The average Bonchev–Trinajstić information content (AvgIpc) is 2.18. The number of hydrogen-bond acceptors (Lipinski definition) is 1. The van der Waals surface area contributed by atoms with E-state index in [0.29, 0.717) is 5.92 Å². The zero-order chi connectivity index (χ0) is 9.68. The van der Waals surface area contributed by atoms with Crippen LogP contribution in [-0.4, -0.2) is 12.9 Å². The molecule has 1 rings (SSSR count). The molecule has 13 heavy (non-hydrogen) atoms. The number of amidine groups is 1. The van der Waals surface area contributed by atoms with E-state index in [9.17, 15) is 0 Å². The monoisotopic (exact) mass is 182 g/mol. The Labute approximate surface area is 81.6 Å². The summed E-state index contributed by atoms with van der Waals surface area (Å²) in [5, 5.41) is 0. The number of rotatable bonds is 3. The highest BCUT2D eigenvalue weighted by atomic mass is 14.8. The van der Waals surface area contributed by atoms with Crippen molar-refractivity contribution in [1.29, 1.82) is 0 Å². The average molecular weight is 182 g/mol. The van der Waals surface area contributed by atoms with Crippen LogP contribution >= 0.6 is 0 Å². The standard InChI is InChI=1S/C11H22N2/c1-3-4-9-5-7-10(8-6-9)11(12)13-2/h9-10H,3-8H2,1-2H3,(H2,12,13). The fraction of sp³-hybridized carbons (Fsp3) is 0.909. The number of nitrogens with zero attached hydrogens (tertiary/aromatic N) is 1. The summed E-state index contributed by atoms with van der Waals surface area (Å²) in [6.45, 7) is 2.27. The first-order valence-electron chi connectivity index (χ1n) is 5.50. The van der Waals surface area contributed by atoms with Gasteiger partial charge < -0.3 is 5.73 Å². The molecule has 0 heterocycles. The molecule has 2 nitrogen and oxygen atoms in total. The fourth-order valence-corrected chi connectivity index (χ4v) is 2.34. The zero-order valence-electron chi connectivity index (χ0n) is 8.92. The van der Waals surface area contributed by atoms with Crippen LogP contribution in [-0.2, 0) is 0 Å². The molecule has 0 bridgehead atoms. The maximum absolute atomic E-state index is 5.82. The van der Waals surface area contributed by atoms with Crippen molar-refractivity contribution in [2.45, 2.75) is 45.4 Å². The third-order valence-corrected chi connectivity index (χ3v) is 3.22. The lowest BCUT2D eigenvalue weighted by Gasteiger charge is -2.27. The Balaban J connectivity index is 2.30. The fourth-order valence-electron chi connectivity index (χ4n) is 2.34. The van der Waals surface area contributed by atoms with Gasteiger partial charge in [0.25, 0.3) is 0 Å². The van der Waals surface area contributed by atoms with Crippen LogP contribution < -0.4 is 5.73 Å². The van der Waals surface area contributed by atoms with Crippen LogP contribution in [0.4, 0.5) is 0 Å². The Morgan fingerprint density at radius 1 is 1.31 bits per heavy atom. The summed E-state index contributed by atoms with van der Waals surface area (Å²) in [7, 11) is 1.80. The minimum atomic E-state index is 0.582. The molecule has 0 aromatic rings. The van der Waals surface area contributed by atoms with Crippen LogP contribution in [0.15, 0.2) is 4.99 Å². The van der Waals surface area contributed by atoms with Crippen LogP contribution in [0.5, 0.6) is 0 Å². The molecule has 0 aromatic carbocycles. The van der Waals surface area contributed by atoms with E-state index >= 15 is 0 Å². The van der Waals surface area contributed by atoms with Crippen molar-refractivity contribution in [3.63, 3.8) is 0 Å². The molecular formula is C11H22N2. The van der Waals surface area contributed by atoms with Gasteiger partial charge in [0.05, 0.1) is 5.84 Å². The van der Waals surface area contributed by atoms with Crippen molar-refractivity contribution < 1.29 is 0 Å². The predicted octanol–water partition coefficient (Wildman–Crippen LogP) is 2.58. The van der Waals surface area contributed by atoms with Crippen molar-refractivity contribution in [3.05, 3.63) is 0 Å². The second-order valence-electron chi connectivity index (χ2n) is 4.15. The lowest BCUT2D eigenvalue weighted by atomic mass is 9.79. The zero-order valence-corrected chi connectivity index (χ0v) is 8.92. The molecule has 0 spiro atoms. The number of aliphatic imine (C=N–C) groups is 1. The molecule has 1 aliphatic carbocycles. The van der Waals surface area contributed by atoms with E-state index in [1.165, 1.54) is 38.5 Å². The Morgan fingerprint density at radius 3 is 2.38 bits per heavy atom. The summed E-state index contributed by atoms with van der Waals surface area (Å²) < 4.78 is 0. The Kier molecular flexibility index (Phi) is 4.26. The third kappa shape index (κ3) is 3.02. The van der Waals surface area contributed by atoms with Crippen LogP contribution in [0.25, 0.3) is 0 Å². The maximum Gasteiger partial charge on any atom is 0.0964 e. The van der Waals surface area contributed by atoms with E-state index in [1.54, 1.807) is 7.05 Å². The third-order valence-electron chi connectivity index (χ3n) is 3.22. The van der Waals surface area contributed by atoms with Gasteiger partial charge in [-0.25, -0.2) is 0 Å². The first-order valence-corrected chi connectivity index (χ1v) is 5.50. The van der Waals surface area contributed by atoms with Crippen LogP contribution in [0.2, 0.25) is 0 Å². The predicted molar refractivity (Wildman–Crippen MR) is 57.9 cm³/mol. The molecule has 0 radical (unpaired) electrons. The quantitative estimate of drug-likeness (QED) is 0.529. The van der Waals surface area contributed by atoms with E-state index in [1.807, 2.05) is 0 Å². The first kappa shape index (κ1) is 10.6. The lowest BCUT2D eigenvalue weighted by Crippen LogP contribution is -2.27. The summed E-state index contributed by atoms with van der Waals surface area (Å²) in [6, 6.07) is 0. The second kappa shape index (κ2) is 5.25. The Hall–Kier alpha value is -0.530. The molecule has 1 fully saturated rings. The minimum Gasteiger partial charge on any atom is -0.387 e. The van der Waals surface area contributed by atoms with Gasteiger partial charge in [-0.05, 0) is 31.6 Å². The summed E-state index contributed by atoms with van der Waals surface area (Å²) in [5.74, 6) is 2.42. The van der Waals surface area contributed by atoms with Crippen molar-refractivity contribution in [1.82, 2.24) is 0 Å². The molecule has 0 aromatic heterocycles. The van der Waals surface area contributed by atoms with E-state index in [0.717, 1.165) is 11.8 Å². The van der Waals surface area contributed by atoms with Gasteiger partial charge in [-0.15, -0.1) is 0 Å². The molecular weight excluding hydrogens is 160 g/mol. The highest BCUT2D eigenvalue weighted by molar-refractivity contribution is 5.82. The van der Waals surface area contributed by atoms with Gasteiger partial charge in [0, 0.05) is 13.0 Å². The Bertz CT molecular complexity index is 167. The van der Waals surface area contributed by atoms with E-state index in [4.69, 9.17) is 5.73 Å². The van der Waals surface area contributed by atoms with Gasteiger partial charge in [0.1, 0.15) is 0 Å². The summed E-state index contributed by atoms with van der Waals surface area (Å²) >= 11 is 0. The van der Waals surface area contributed by atoms with Crippen molar-refractivity contribution in [2.24, 2.45) is 22.6 Å². The summed E-state index contributed by atoms with van der Waals surface area (Å²) in [6.07, 6.45) is 7.95. The van der Waals surface area contributed by atoms with Crippen LogP contribution in [0.3, 0.4) is 0 Å². The van der Waals surface area contributed by atoms with E-state index in [2.05, 4.69) is 11.9 Å². The molecule has 2 N–H and O–H groups in total. The van der Waals surface area contributed by atoms with Crippen molar-refractivity contribution in [3.8, 4) is 0 Å². The molecule has 1 saturated carbocycles. The molecule has 0 saturated heterocycles. The Morgan fingerprint density at radius 2 is 1.92 bits per heavy atom. The van der Waals surface area contributed by atoms with Gasteiger partial charge in [0.15, 0.2) is 0 Å². The summed E-state index contributed by atoms with van der Waals surface area (Å²) in [4.78, 5) is 4.08. The lowest BCUT2D eigenvalue weighted by molar-refractivity contribution is 0.303. The SMILES string of the molecule is CCCC1CCC(C(N)=NC)CC1. The highest BCUT2D eigenvalue weighted by Gasteiger charge is 2.22. The largest absolute Gasteiger partial charge is 0.387 e. The normalized spacial score (nSPS) is 30.5. The van der Waals surface area contributed by atoms with Gasteiger partial charge >= 0.3 is 0 Å². The molecule has 0 atom stereocenters. The second-order valence-corrected chi connectivity index (χ2v) is 4.15. The molecule has 0 amide bonds. The topological polar surface area (TPSA) is 38.4 Å². The molecule has 76 valence electrons. The van der Waals surface area contributed by atoms with Crippen molar-refractivity contribution >= 4 is 5.84 Å². The van der Waals surface area contributed by atoms with Gasteiger partial charge in [-0.1, -0.05) is 19.8 Å². The smallest absolute Gasteiger partial charge is 0.0964 e. The number of nitrogens with two attached hydrogens (primary N) is 1. The first-order chi connectivity index (χ1) is 6.27.